The Bertz CT molecular complexity index is 313. The maximum atomic E-state index is 9.33. The average molecular weight is 287 g/mol. The van der Waals surface area contributed by atoms with Crippen molar-refractivity contribution in [3.63, 3.8) is 0 Å². The van der Waals surface area contributed by atoms with Gasteiger partial charge in [-0.2, -0.15) is 0 Å². The van der Waals surface area contributed by atoms with E-state index in [9.17, 15) is 5.11 Å². The first-order chi connectivity index (χ1) is 7.74. The van der Waals surface area contributed by atoms with Crippen LogP contribution < -0.4 is 0 Å². The molecule has 3 heteroatoms. The van der Waals surface area contributed by atoms with Gasteiger partial charge in [-0.05, 0) is 0 Å². The predicted octanol–water partition coefficient (Wildman–Crippen LogP) is 3.37. The van der Waals surface area contributed by atoms with E-state index >= 15 is 0 Å². The molecule has 1 aromatic rings. The van der Waals surface area contributed by atoms with Crippen LogP contribution in [0.1, 0.15) is 31.7 Å². The molecule has 0 amide bonds. The van der Waals surface area contributed by atoms with Crippen molar-refractivity contribution in [2.45, 2.75) is 43.2 Å². The van der Waals surface area contributed by atoms with Crippen LogP contribution in [-0.2, 0) is 6.42 Å². The van der Waals surface area contributed by atoms with Gasteiger partial charge in [-0.15, -0.1) is 0 Å². The molecule has 0 heterocycles. The first kappa shape index (κ1) is 13.4. The van der Waals surface area contributed by atoms with E-state index in [0.717, 1.165) is 26.9 Å². The van der Waals surface area contributed by atoms with Gasteiger partial charge in [0.1, 0.15) is 0 Å². The third-order valence-electron chi connectivity index (χ3n) is 2.44. The fourth-order valence-corrected chi connectivity index (χ4v) is 3.64. The number of hydrogen-bond donors (Lipinski definition) is 2. The van der Waals surface area contributed by atoms with Crippen molar-refractivity contribution < 1.29 is 10.2 Å². The van der Waals surface area contributed by atoms with Crippen molar-refractivity contribution >= 4 is 15.0 Å². The molecule has 0 aliphatic carbocycles. The van der Waals surface area contributed by atoms with Crippen LogP contribution in [0.2, 0.25) is 10.6 Å². The molecule has 0 aliphatic heterocycles. The Kier molecular flexibility index (Phi) is 6.36. The fourth-order valence-electron chi connectivity index (χ4n) is 1.45. The van der Waals surface area contributed by atoms with Crippen molar-refractivity contribution in [3.8, 4) is 11.5 Å². The van der Waals surface area contributed by atoms with E-state index in [-0.39, 0.29) is 11.5 Å². The molecule has 0 fully saturated rings. The molecule has 2 nitrogen and oxygen atoms in total. The van der Waals surface area contributed by atoms with Crippen LogP contribution in [0.25, 0.3) is 0 Å². The Labute approximate surface area is 104 Å². The summed E-state index contributed by atoms with van der Waals surface area (Å²) >= 11 is 0.787. The molecular weight excluding hydrogens is 267 g/mol. The Morgan fingerprint density at radius 3 is 2.50 bits per heavy atom. The van der Waals surface area contributed by atoms with Crippen LogP contribution in [-0.4, -0.2) is 25.2 Å². The van der Waals surface area contributed by atoms with Gasteiger partial charge in [-0.1, -0.05) is 0 Å². The van der Waals surface area contributed by atoms with Crippen molar-refractivity contribution in [2.24, 2.45) is 0 Å². The first-order valence-corrected chi connectivity index (χ1v) is 8.25. The number of aromatic hydroxyl groups is 2. The molecule has 0 radical (unpaired) electrons. The molecular formula is C13H20O2Se. The minimum atomic E-state index is -0.0316. The Hall–Kier alpha value is -0.661. The Morgan fingerprint density at radius 2 is 1.81 bits per heavy atom. The molecule has 90 valence electrons. The Balaban J connectivity index is 2.19. The average Bonchev–Trinajstić information content (AvgIpc) is 2.28. The fraction of sp³-hybridized carbons (Fsp3) is 0.538. The summed E-state index contributed by atoms with van der Waals surface area (Å²) in [6.07, 6.45) is 4.85. The van der Waals surface area contributed by atoms with E-state index in [1.54, 1.807) is 12.1 Å². The number of aryl methyl sites for hydroxylation is 1. The SMILES string of the molecule is CCCC[Se]CCCc1ccc(O)c(O)c1. The molecule has 1 aromatic carbocycles. The molecule has 0 bridgehead atoms. The van der Waals surface area contributed by atoms with E-state index < -0.39 is 0 Å². The van der Waals surface area contributed by atoms with Crippen LogP contribution in [0.4, 0.5) is 0 Å². The van der Waals surface area contributed by atoms with Gasteiger partial charge in [0.15, 0.2) is 0 Å². The molecule has 0 saturated carbocycles. The molecule has 0 spiro atoms. The zero-order valence-electron chi connectivity index (χ0n) is 9.78. The van der Waals surface area contributed by atoms with E-state index in [1.165, 1.54) is 29.9 Å². The van der Waals surface area contributed by atoms with Gasteiger partial charge < -0.3 is 0 Å². The van der Waals surface area contributed by atoms with Crippen LogP contribution in [0.3, 0.4) is 0 Å². The maximum absolute atomic E-state index is 9.33. The minimum absolute atomic E-state index is 0.00556. The first-order valence-electron chi connectivity index (χ1n) is 5.82. The molecule has 2 N–H and O–H groups in total. The van der Waals surface area contributed by atoms with E-state index in [0.29, 0.717) is 0 Å². The second kappa shape index (κ2) is 7.59. The zero-order chi connectivity index (χ0) is 11.8. The number of rotatable bonds is 7. The molecule has 1 rings (SSSR count). The quantitative estimate of drug-likeness (QED) is 0.458. The van der Waals surface area contributed by atoms with Gasteiger partial charge in [0.25, 0.3) is 0 Å². The summed E-state index contributed by atoms with van der Waals surface area (Å²) in [5.74, 6) is -0.0371. The molecule has 0 atom stereocenters. The van der Waals surface area contributed by atoms with Gasteiger partial charge in [-0.3, -0.25) is 0 Å². The zero-order valence-corrected chi connectivity index (χ0v) is 11.5. The normalized spacial score (nSPS) is 10.6. The van der Waals surface area contributed by atoms with Crippen molar-refractivity contribution in [2.75, 3.05) is 0 Å². The summed E-state index contributed by atoms with van der Waals surface area (Å²) in [5.41, 5.74) is 1.11. The van der Waals surface area contributed by atoms with Gasteiger partial charge >= 0.3 is 104 Å². The summed E-state index contributed by atoms with van der Waals surface area (Å²) in [5, 5.41) is 21.2. The van der Waals surface area contributed by atoms with E-state index in [2.05, 4.69) is 6.92 Å². The molecule has 16 heavy (non-hydrogen) atoms. The number of phenolic OH excluding ortho intramolecular Hbond substituents is 2. The van der Waals surface area contributed by atoms with E-state index in [1.807, 2.05) is 6.07 Å². The van der Waals surface area contributed by atoms with Gasteiger partial charge in [0.2, 0.25) is 0 Å². The van der Waals surface area contributed by atoms with Crippen LogP contribution in [0.15, 0.2) is 18.2 Å². The van der Waals surface area contributed by atoms with Crippen molar-refractivity contribution in [1.29, 1.82) is 0 Å². The van der Waals surface area contributed by atoms with Crippen molar-refractivity contribution in [3.05, 3.63) is 23.8 Å². The number of hydrogen-bond acceptors (Lipinski definition) is 2. The second-order valence-electron chi connectivity index (χ2n) is 3.89. The molecule has 0 saturated heterocycles. The number of unbranched alkanes of at least 4 members (excludes halogenated alkanes) is 1. The van der Waals surface area contributed by atoms with Gasteiger partial charge in [0, 0.05) is 0 Å². The summed E-state index contributed by atoms with van der Waals surface area (Å²) in [7, 11) is 0. The molecule has 0 unspecified atom stereocenters. The van der Waals surface area contributed by atoms with Crippen LogP contribution in [0, 0.1) is 0 Å². The molecule has 0 aromatic heterocycles. The molecule has 0 aliphatic rings. The standard InChI is InChI=1S/C13H20O2Se/c1-2-3-8-16-9-4-5-11-6-7-12(14)13(15)10-11/h6-7,10,14-15H,2-5,8-9H2,1H3. The summed E-state index contributed by atoms with van der Waals surface area (Å²) in [4.78, 5) is 0. The van der Waals surface area contributed by atoms with E-state index in [4.69, 9.17) is 5.11 Å². The summed E-state index contributed by atoms with van der Waals surface area (Å²) < 4.78 is 0. The predicted molar refractivity (Wildman–Crippen MR) is 68.4 cm³/mol. The monoisotopic (exact) mass is 288 g/mol. The third-order valence-corrected chi connectivity index (χ3v) is 4.86. The van der Waals surface area contributed by atoms with Gasteiger partial charge in [0.05, 0.1) is 0 Å². The summed E-state index contributed by atoms with van der Waals surface area (Å²) in [6, 6.07) is 5.11. The third kappa shape index (κ3) is 4.91. The summed E-state index contributed by atoms with van der Waals surface area (Å²) in [6.45, 7) is 2.23. The van der Waals surface area contributed by atoms with Gasteiger partial charge in [-0.25, -0.2) is 0 Å². The van der Waals surface area contributed by atoms with Crippen LogP contribution in [0.5, 0.6) is 11.5 Å². The topological polar surface area (TPSA) is 40.5 Å². The second-order valence-corrected chi connectivity index (χ2v) is 6.46. The van der Waals surface area contributed by atoms with Crippen molar-refractivity contribution in [1.82, 2.24) is 0 Å². The van der Waals surface area contributed by atoms with Crippen LogP contribution >= 0.6 is 0 Å². The number of benzene rings is 1. The Morgan fingerprint density at radius 1 is 1.06 bits per heavy atom. The number of phenols is 2.